The van der Waals surface area contributed by atoms with E-state index in [0.29, 0.717) is 0 Å². The number of benzene rings is 1. The number of hydrogen-bond donors (Lipinski definition) is 3. The first-order valence-electron chi connectivity index (χ1n) is 6.89. The van der Waals surface area contributed by atoms with Crippen LogP contribution in [-0.4, -0.2) is 21.4 Å². The lowest BCUT2D eigenvalue weighted by Gasteiger charge is -2.13. The van der Waals surface area contributed by atoms with Crippen LogP contribution in [0.25, 0.3) is 11.0 Å². The van der Waals surface area contributed by atoms with E-state index >= 15 is 0 Å². The molecule has 106 valence electrons. The lowest BCUT2D eigenvalue weighted by Crippen LogP contribution is -2.37. The minimum absolute atomic E-state index is 0.0300. The first-order chi connectivity index (χ1) is 9.28. The van der Waals surface area contributed by atoms with Crippen molar-refractivity contribution in [3.05, 3.63) is 24.0 Å². The second-order valence-corrected chi connectivity index (χ2v) is 6.68. The van der Waals surface area contributed by atoms with E-state index in [2.05, 4.69) is 36.1 Å². The van der Waals surface area contributed by atoms with E-state index in [9.17, 15) is 4.79 Å². The average molecular weight is 272 g/mol. The van der Waals surface area contributed by atoms with Crippen LogP contribution in [-0.2, 0) is 10.2 Å². The van der Waals surface area contributed by atoms with E-state index in [1.807, 2.05) is 18.2 Å². The summed E-state index contributed by atoms with van der Waals surface area (Å²) in [5.41, 5.74) is 7.78. The number of amides is 1. The molecule has 0 radical (unpaired) electrons. The molecule has 1 aromatic heterocycles. The molecule has 5 nitrogen and oxygen atoms in total. The molecule has 0 saturated heterocycles. The minimum Gasteiger partial charge on any atom is -0.341 e. The van der Waals surface area contributed by atoms with E-state index in [1.54, 1.807) is 0 Å². The molecule has 5 heteroatoms. The summed E-state index contributed by atoms with van der Waals surface area (Å²) in [5.74, 6) is 0.834. The predicted octanol–water partition coefficient (Wildman–Crippen LogP) is 2.29. The van der Waals surface area contributed by atoms with Crippen molar-refractivity contribution >= 4 is 22.6 Å². The fraction of sp³-hybridized carbons (Fsp3) is 0.467. The molecule has 3 rings (SSSR count). The molecule has 1 aromatic carbocycles. The maximum Gasteiger partial charge on any atom is 0.244 e. The Morgan fingerprint density at radius 3 is 2.70 bits per heavy atom. The molecule has 0 unspecified atom stereocenters. The molecule has 1 saturated carbocycles. The van der Waals surface area contributed by atoms with Crippen molar-refractivity contribution in [3.63, 3.8) is 0 Å². The zero-order chi connectivity index (χ0) is 14.5. The highest BCUT2D eigenvalue weighted by Gasteiger charge is 2.45. The molecule has 2 aromatic rings. The standard InChI is InChI=1S/C15H20N4O/c1-14(2,3)12-18-10-5-4-9(8-11(10)19-12)17-13(20)15(16)6-7-15/h4-5,8H,6-7,16H2,1-3H3,(H,17,20)(H,18,19). The summed E-state index contributed by atoms with van der Waals surface area (Å²) in [7, 11) is 0. The van der Waals surface area contributed by atoms with Crippen LogP contribution in [0, 0.1) is 0 Å². The molecule has 0 atom stereocenters. The molecule has 1 amide bonds. The van der Waals surface area contributed by atoms with Crippen LogP contribution in [0.15, 0.2) is 18.2 Å². The quantitative estimate of drug-likeness (QED) is 0.784. The summed E-state index contributed by atoms with van der Waals surface area (Å²) in [5, 5.41) is 2.87. The van der Waals surface area contributed by atoms with E-state index in [0.717, 1.165) is 35.4 Å². The van der Waals surface area contributed by atoms with Gasteiger partial charge in [0.25, 0.3) is 0 Å². The fourth-order valence-electron chi connectivity index (χ4n) is 2.06. The second kappa shape index (κ2) is 4.06. The maximum atomic E-state index is 11.9. The second-order valence-electron chi connectivity index (χ2n) is 6.68. The van der Waals surface area contributed by atoms with Gasteiger partial charge in [0.1, 0.15) is 5.82 Å². The third-order valence-corrected chi connectivity index (χ3v) is 3.69. The topological polar surface area (TPSA) is 83.8 Å². The molecule has 0 spiro atoms. The molecule has 4 N–H and O–H groups in total. The highest BCUT2D eigenvalue weighted by atomic mass is 16.2. The zero-order valence-corrected chi connectivity index (χ0v) is 12.1. The lowest BCUT2D eigenvalue weighted by molar-refractivity contribution is -0.118. The number of carbonyl (C=O) groups is 1. The Hall–Kier alpha value is -1.88. The van der Waals surface area contributed by atoms with Gasteiger partial charge in [-0.05, 0) is 31.0 Å². The Bertz CT molecular complexity index is 677. The van der Waals surface area contributed by atoms with Gasteiger partial charge in [0.2, 0.25) is 5.91 Å². The van der Waals surface area contributed by atoms with E-state index in [1.165, 1.54) is 0 Å². The Labute approximate surface area is 118 Å². The number of hydrogen-bond acceptors (Lipinski definition) is 3. The van der Waals surface area contributed by atoms with Crippen molar-refractivity contribution in [2.24, 2.45) is 5.73 Å². The third kappa shape index (κ3) is 2.29. The Balaban J connectivity index is 1.88. The number of aromatic nitrogens is 2. The lowest BCUT2D eigenvalue weighted by atomic mass is 9.96. The highest BCUT2D eigenvalue weighted by molar-refractivity contribution is 6.01. The molecule has 0 bridgehead atoms. The number of carbonyl (C=O) groups excluding carboxylic acids is 1. The van der Waals surface area contributed by atoms with Crippen molar-refractivity contribution in [3.8, 4) is 0 Å². The first kappa shape index (κ1) is 13.1. The number of H-pyrrole nitrogens is 1. The Kier molecular flexibility index (Phi) is 2.66. The third-order valence-electron chi connectivity index (χ3n) is 3.69. The number of fused-ring (bicyclic) bond motifs is 1. The molecule has 1 heterocycles. The van der Waals surface area contributed by atoms with Gasteiger partial charge in [0.05, 0.1) is 16.6 Å². The van der Waals surface area contributed by atoms with Crippen LogP contribution in [0.1, 0.15) is 39.4 Å². The number of rotatable bonds is 2. The van der Waals surface area contributed by atoms with Crippen molar-refractivity contribution < 1.29 is 4.79 Å². The number of anilines is 1. The molecule has 1 fully saturated rings. The number of aromatic amines is 1. The van der Waals surface area contributed by atoms with Crippen LogP contribution in [0.5, 0.6) is 0 Å². The monoisotopic (exact) mass is 272 g/mol. The van der Waals surface area contributed by atoms with Gasteiger partial charge in [-0.15, -0.1) is 0 Å². The first-order valence-corrected chi connectivity index (χ1v) is 6.89. The van der Waals surface area contributed by atoms with Crippen LogP contribution in [0.3, 0.4) is 0 Å². The molecule has 1 aliphatic rings. The van der Waals surface area contributed by atoms with Gasteiger partial charge in [-0.1, -0.05) is 20.8 Å². The van der Waals surface area contributed by atoms with Gasteiger partial charge in [-0.3, -0.25) is 4.79 Å². The average Bonchev–Trinajstić information content (AvgIpc) is 2.96. The van der Waals surface area contributed by atoms with E-state index < -0.39 is 5.54 Å². The number of nitrogens with one attached hydrogen (secondary N) is 2. The summed E-state index contributed by atoms with van der Waals surface area (Å²) >= 11 is 0. The Morgan fingerprint density at radius 2 is 2.10 bits per heavy atom. The molecular weight excluding hydrogens is 252 g/mol. The molecule has 0 aliphatic heterocycles. The van der Waals surface area contributed by atoms with Gasteiger partial charge < -0.3 is 16.0 Å². The van der Waals surface area contributed by atoms with Gasteiger partial charge in [0.15, 0.2) is 0 Å². The largest absolute Gasteiger partial charge is 0.341 e. The number of nitrogens with zero attached hydrogens (tertiary/aromatic N) is 1. The fourth-order valence-corrected chi connectivity index (χ4v) is 2.06. The minimum atomic E-state index is -0.653. The van der Waals surface area contributed by atoms with Gasteiger partial charge >= 0.3 is 0 Å². The van der Waals surface area contributed by atoms with Gasteiger partial charge in [-0.2, -0.15) is 0 Å². The zero-order valence-electron chi connectivity index (χ0n) is 12.1. The van der Waals surface area contributed by atoms with Crippen molar-refractivity contribution in [2.75, 3.05) is 5.32 Å². The summed E-state index contributed by atoms with van der Waals surface area (Å²) in [4.78, 5) is 19.8. The Morgan fingerprint density at radius 1 is 1.40 bits per heavy atom. The van der Waals surface area contributed by atoms with Crippen molar-refractivity contribution in [1.29, 1.82) is 0 Å². The van der Waals surface area contributed by atoms with Gasteiger partial charge in [-0.25, -0.2) is 4.98 Å². The highest BCUT2D eigenvalue weighted by Crippen LogP contribution is 2.33. The number of imidazole rings is 1. The molecular formula is C15H20N4O. The van der Waals surface area contributed by atoms with Crippen molar-refractivity contribution in [1.82, 2.24) is 9.97 Å². The summed E-state index contributed by atoms with van der Waals surface area (Å²) in [6.45, 7) is 6.33. The summed E-state index contributed by atoms with van der Waals surface area (Å²) < 4.78 is 0. The van der Waals surface area contributed by atoms with Crippen LogP contribution < -0.4 is 11.1 Å². The normalized spacial score (nSPS) is 17.2. The van der Waals surface area contributed by atoms with Gasteiger partial charge in [0, 0.05) is 11.1 Å². The SMILES string of the molecule is CC(C)(C)c1nc2ccc(NC(=O)C3(N)CC3)cc2[nH]1. The number of nitrogens with two attached hydrogens (primary N) is 1. The smallest absolute Gasteiger partial charge is 0.244 e. The van der Waals surface area contributed by atoms with Crippen LogP contribution in [0.2, 0.25) is 0 Å². The summed E-state index contributed by atoms with van der Waals surface area (Å²) in [6, 6.07) is 5.67. The molecule has 20 heavy (non-hydrogen) atoms. The van der Waals surface area contributed by atoms with Crippen LogP contribution in [0.4, 0.5) is 5.69 Å². The van der Waals surface area contributed by atoms with Crippen LogP contribution >= 0.6 is 0 Å². The van der Waals surface area contributed by atoms with E-state index in [4.69, 9.17) is 5.73 Å². The van der Waals surface area contributed by atoms with Crippen molar-refractivity contribution in [2.45, 2.75) is 44.6 Å². The molecule has 1 aliphatic carbocycles. The maximum absolute atomic E-state index is 11.9. The summed E-state index contributed by atoms with van der Waals surface area (Å²) in [6.07, 6.45) is 1.53. The predicted molar refractivity (Wildman–Crippen MR) is 79.6 cm³/mol. The van der Waals surface area contributed by atoms with E-state index in [-0.39, 0.29) is 11.3 Å².